The van der Waals surface area contributed by atoms with Crippen LogP contribution in [-0.4, -0.2) is 17.6 Å². The Morgan fingerprint density at radius 2 is 2.29 bits per heavy atom. The van der Waals surface area contributed by atoms with E-state index in [0.29, 0.717) is 18.5 Å². The second-order valence-electron chi connectivity index (χ2n) is 3.64. The third-order valence-corrected chi connectivity index (χ3v) is 3.31. The fourth-order valence-corrected chi connectivity index (χ4v) is 1.97. The lowest BCUT2D eigenvalue weighted by Gasteiger charge is -2.18. The molecular formula is C10H19N3S. The molecule has 0 radical (unpaired) electrons. The number of nitrogens with two attached hydrogens (primary N) is 1. The first-order valence-electron chi connectivity index (χ1n) is 5.08. The summed E-state index contributed by atoms with van der Waals surface area (Å²) in [6.45, 7) is 7.11. The van der Waals surface area contributed by atoms with Gasteiger partial charge in [0.25, 0.3) is 0 Å². The molecular weight excluding hydrogens is 194 g/mol. The average Bonchev–Trinajstić information content (AvgIpc) is 2.64. The molecule has 1 aromatic heterocycles. The summed E-state index contributed by atoms with van der Waals surface area (Å²) in [5.74, 6) is 0.476. The zero-order valence-corrected chi connectivity index (χ0v) is 9.90. The molecule has 1 heterocycles. The molecule has 2 unspecified atom stereocenters. The van der Waals surface area contributed by atoms with E-state index in [9.17, 15) is 0 Å². The fraction of sp³-hybridized carbons (Fsp3) is 0.700. The lowest BCUT2D eigenvalue weighted by molar-refractivity contribution is 0.521. The predicted octanol–water partition coefficient (Wildman–Crippen LogP) is 2.10. The number of hydrogen-bond acceptors (Lipinski definition) is 4. The Morgan fingerprint density at radius 1 is 1.57 bits per heavy atom. The summed E-state index contributed by atoms with van der Waals surface area (Å²) in [4.78, 5) is 4.45. The normalized spacial score (nSPS) is 15.1. The summed E-state index contributed by atoms with van der Waals surface area (Å²) in [6.07, 6.45) is 0.999. The Labute approximate surface area is 89.7 Å². The van der Waals surface area contributed by atoms with Gasteiger partial charge in [-0.2, -0.15) is 0 Å². The van der Waals surface area contributed by atoms with Crippen LogP contribution in [0.1, 0.15) is 26.5 Å². The van der Waals surface area contributed by atoms with E-state index in [4.69, 9.17) is 5.73 Å². The summed E-state index contributed by atoms with van der Waals surface area (Å²) in [5, 5.41) is 6.48. The largest absolute Gasteiger partial charge is 0.359 e. The Balaban J connectivity index is 2.51. The van der Waals surface area contributed by atoms with Gasteiger partial charge in [-0.15, -0.1) is 11.3 Å². The van der Waals surface area contributed by atoms with Crippen molar-refractivity contribution in [1.29, 1.82) is 0 Å². The van der Waals surface area contributed by atoms with Gasteiger partial charge in [-0.1, -0.05) is 13.8 Å². The van der Waals surface area contributed by atoms with Crippen molar-refractivity contribution in [3.8, 4) is 0 Å². The molecule has 3 nitrogen and oxygen atoms in total. The van der Waals surface area contributed by atoms with Gasteiger partial charge in [-0.3, -0.25) is 0 Å². The molecule has 0 saturated heterocycles. The van der Waals surface area contributed by atoms with E-state index in [2.05, 4.69) is 36.5 Å². The van der Waals surface area contributed by atoms with E-state index in [1.807, 2.05) is 0 Å². The topological polar surface area (TPSA) is 50.9 Å². The van der Waals surface area contributed by atoms with Crippen LogP contribution in [0.15, 0.2) is 5.38 Å². The molecule has 0 fully saturated rings. The predicted molar refractivity (Wildman–Crippen MR) is 62.8 cm³/mol. The van der Waals surface area contributed by atoms with Gasteiger partial charge in [-0.05, 0) is 25.8 Å². The minimum Gasteiger partial charge on any atom is -0.359 e. The SMILES string of the molecule is CCc1csc(NC(C)C(C)CN)n1. The van der Waals surface area contributed by atoms with Crippen molar-refractivity contribution in [2.75, 3.05) is 11.9 Å². The number of aromatic nitrogens is 1. The average molecular weight is 213 g/mol. The van der Waals surface area contributed by atoms with E-state index in [0.717, 1.165) is 17.2 Å². The van der Waals surface area contributed by atoms with Gasteiger partial charge in [0.15, 0.2) is 5.13 Å². The van der Waals surface area contributed by atoms with Crippen molar-refractivity contribution in [3.05, 3.63) is 11.1 Å². The van der Waals surface area contributed by atoms with E-state index >= 15 is 0 Å². The van der Waals surface area contributed by atoms with Crippen LogP contribution in [0, 0.1) is 5.92 Å². The number of aryl methyl sites for hydroxylation is 1. The maximum atomic E-state index is 5.60. The lowest BCUT2D eigenvalue weighted by atomic mass is 10.1. The van der Waals surface area contributed by atoms with E-state index in [-0.39, 0.29) is 0 Å². The van der Waals surface area contributed by atoms with Crippen LogP contribution in [0.3, 0.4) is 0 Å². The first-order chi connectivity index (χ1) is 6.67. The number of nitrogens with one attached hydrogen (secondary N) is 1. The third-order valence-electron chi connectivity index (χ3n) is 2.49. The number of nitrogens with zero attached hydrogens (tertiary/aromatic N) is 1. The monoisotopic (exact) mass is 213 g/mol. The van der Waals surface area contributed by atoms with E-state index in [1.165, 1.54) is 0 Å². The van der Waals surface area contributed by atoms with Gasteiger partial charge in [0, 0.05) is 11.4 Å². The quantitative estimate of drug-likeness (QED) is 0.787. The second kappa shape index (κ2) is 5.32. The van der Waals surface area contributed by atoms with Crippen LogP contribution in [0.4, 0.5) is 5.13 Å². The molecule has 0 saturated carbocycles. The summed E-state index contributed by atoms with van der Waals surface area (Å²) < 4.78 is 0. The molecule has 0 spiro atoms. The van der Waals surface area contributed by atoms with Crippen molar-refractivity contribution < 1.29 is 0 Å². The highest BCUT2D eigenvalue weighted by Crippen LogP contribution is 2.18. The van der Waals surface area contributed by atoms with Crippen LogP contribution in [-0.2, 0) is 6.42 Å². The van der Waals surface area contributed by atoms with Crippen molar-refractivity contribution in [1.82, 2.24) is 4.98 Å². The molecule has 0 aliphatic rings. The summed E-state index contributed by atoms with van der Waals surface area (Å²) in [5.41, 5.74) is 6.76. The van der Waals surface area contributed by atoms with Gasteiger partial charge >= 0.3 is 0 Å². The number of hydrogen-bond donors (Lipinski definition) is 2. The smallest absolute Gasteiger partial charge is 0.183 e. The van der Waals surface area contributed by atoms with E-state index < -0.39 is 0 Å². The minimum absolute atomic E-state index is 0.385. The van der Waals surface area contributed by atoms with Crippen molar-refractivity contribution in [2.24, 2.45) is 11.7 Å². The molecule has 1 rings (SSSR count). The van der Waals surface area contributed by atoms with Gasteiger partial charge in [0.1, 0.15) is 0 Å². The van der Waals surface area contributed by atoms with Crippen LogP contribution in [0.25, 0.3) is 0 Å². The maximum absolute atomic E-state index is 5.60. The molecule has 0 aliphatic heterocycles. The molecule has 1 aromatic rings. The highest BCUT2D eigenvalue weighted by atomic mass is 32.1. The second-order valence-corrected chi connectivity index (χ2v) is 4.50. The number of rotatable bonds is 5. The number of thiazole rings is 1. The van der Waals surface area contributed by atoms with Crippen molar-refractivity contribution >= 4 is 16.5 Å². The Hall–Kier alpha value is -0.610. The summed E-state index contributed by atoms with van der Waals surface area (Å²) >= 11 is 1.67. The number of anilines is 1. The fourth-order valence-electron chi connectivity index (χ4n) is 1.08. The highest BCUT2D eigenvalue weighted by molar-refractivity contribution is 7.13. The van der Waals surface area contributed by atoms with Gasteiger partial charge in [0.2, 0.25) is 0 Å². The first kappa shape index (κ1) is 11.5. The first-order valence-corrected chi connectivity index (χ1v) is 5.96. The van der Waals surface area contributed by atoms with E-state index in [1.54, 1.807) is 11.3 Å². The molecule has 0 amide bonds. The molecule has 0 bridgehead atoms. The summed E-state index contributed by atoms with van der Waals surface area (Å²) in [7, 11) is 0. The third kappa shape index (κ3) is 2.96. The molecule has 3 N–H and O–H groups in total. The molecule has 0 aliphatic carbocycles. The van der Waals surface area contributed by atoms with Crippen LogP contribution < -0.4 is 11.1 Å². The molecule has 2 atom stereocenters. The molecule has 80 valence electrons. The van der Waals surface area contributed by atoms with Crippen molar-refractivity contribution in [2.45, 2.75) is 33.2 Å². The zero-order chi connectivity index (χ0) is 10.6. The zero-order valence-electron chi connectivity index (χ0n) is 9.08. The molecule has 4 heteroatoms. The van der Waals surface area contributed by atoms with Crippen molar-refractivity contribution in [3.63, 3.8) is 0 Å². The Morgan fingerprint density at radius 3 is 2.79 bits per heavy atom. The summed E-state index contributed by atoms with van der Waals surface area (Å²) in [6, 6.07) is 0.385. The van der Waals surface area contributed by atoms with Gasteiger partial charge in [-0.25, -0.2) is 4.98 Å². The highest BCUT2D eigenvalue weighted by Gasteiger charge is 2.11. The van der Waals surface area contributed by atoms with Crippen LogP contribution in [0.2, 0.25) is 0 Å². The molecule has 0 aromatic carbocycles. The minimum atomic E-state index is 0.385. The lowest BCUT2D eigenvalue weighted by Crippen LogP contribution is -2.29. The van der Waals surface area contributed by atoms with Crippen LogP contribution in [0.5, 0.6) is 0 Å². The van der Waals surface area contributed by atoms with Gasteiger partial charge < -0.3 is 11.1 Å². The molecule has 14 heavy (non-hydrogen) atoms. The maximum Gasteiger partial charge on any atom is 0.183 e. The standard InChI is InChI=1S/C10H19N3S/c1-4-9-6-14-10(13-9)12-8(3)7(2)5-11/h6-8H,4-5,11H2,1-3H3,(H,12,13). The Bertz CT molecular complexity index is 272. The van der Waals surface area contributed by atoms with Crippen LogP contribution >= 0.6 is 11.3 Å². The van der Waals surface area contributed by atoms with Gasteiger partial charge in [0.05, 0.1) is 5.69 Å². The Kier molecular flexibility index (Phi) is 4.35.